The maximum Gasteiger partial charge on any atom is 0.222 e. The van der Waals surface area contributed by atoms with Crippen molar-refractivity contribution in [1.29, 1.82) is 0 Å². The summed E-state index contributed by atoms with van der Waals surface area (Å²) in [4.78, 5) is 20.4. The number of anilines is 1. The largest absolute Gasteiger partial charge is 0.367 e. The minimum absolute atomic E-state index is 0.227. The monoisotopic (exact) mass is 381 g/mol. The number of hydrogen-bond acceptors (Lipinski definition) is 3. The van der Waals surface area contributed by atoms with E-state index in [-0.39, 0.29) is 5.91 Å². The minimum atomic E-state index is 0.227. The first-order valence-corrected chi connectivity index (χ1v) is 8.53. The molecule has 1 aliphatic heterocycles. The smallest absolute Gasteiger partial charge is 0.222 e. The van der Waals surface area contributed by atoms with Crippen LogP contribution < -0.4 is 4.90 Å². The van der Waals surface area contributed by atoms with Crippen molar-refractivity contribution in [1.82, 2.24) is 9.88 Å². The third-order valence-electron chi connectivity index (χ3n) is 4.02. The zero-order chi connectivity index (χ0) is 15.7. The van der Waals surface area contributed by atoms with Gasteiger partial charge in [0.05, 0.1) is 10.5 Å². The number of piperazine rings is 1. The average molecular weight is 383 g/mol. The predicted molar refractivity (Wildman–Crippen MR) is 93.5 cm³/mol. The van der Waals surface area contributed by atoms with E-state index in [9.17, 15) is 4.79 Å². The van der Waals surface area contributed by atoms with Crippen molar-refractivity contribution in [2.45, 2.75) is 13.3 Å². The van der Waals surface area contributed by atoms with Gasteiger partial charge in [-0.15, -0.1) is 0 Å². The summed E-state index contributed by atoms with van der Waals surface area (Å²) in [6.45, 7) is 5.09. The normalized spacial score (nSPS) is 15.4. The van der Waals surface area contributed by atoms with E-state index in [4.69, 9.17) is 11.6 Å². The van der Waals surface area contributed by atoms with Crippen molar-refractivity contribution >= 4 is 50.0 Å². The zero-order valence-electron chi connectivity index (χ0n) is 12.4. The number of aromatic nitrogens is 1. The molecule has 1 amide bonds. The van der Waals surface area contributed by atoms with E-state index >= 15 is 0 Å². The quantitative estimate of drug-likeness (QED) is 0.794. The highest BCUT2D eigenvalue weighted by molar-refractivity contribution is 9.10. The molecule has 1 saturated heterocycles. The van der Waals surface area contributed by atoms with Crippen molar-refractivity contribution < 1.29 is 4.79 Å². The van der Waals surface area contributed by atoms with Crippen LogP contribution in [0.15, 0.2) is 28.9 Å². The lowest BCUT2D eigenvalue weighted by Crippen LogP contribution is -2.48. The summed E-state index contributed by atoms with van der Waals surface area (Å²) >= 11 is 9.79. The number of benzene rings is 1. The van der Waals surface area contributed by atoms with Crippen LogP contribution in [0.1, 0.15) is 13.3 Å². The Hall–Kier alpha value is -1.33. The summed E-state index contributed by atoms with van der Waals surface area (Å²) in [5.41, 5.74) is 1.94. The van der Waals surface area contributed by atoms with Gasteiger partial charge in [0.1, 0.15) is 0 Å². The molecule has 0 atom stereocenters. The van der Waals surface area contributed by atoms with Crippen LogP contribution in [0.3, 0.4) is 0 Å². The van der Waals surface area contributed by atoms with Crippen molar-refractivity contribution in [2.24, 2.45) is 0 Å². The van der Waals surface area contributed by atoms with Gasteiger partial charge in [0.2, 0.25) is 5.91 Å². The van der Waals surface area contributed by atoms with Gasteiger partial charge in [0, 0.05) is 54.3 Å². The summed E-state index contributed by atoms with van der Waals surface area (Å²) in [6, 6.07) is 5.92. The number of nitrogens with zero attached hydrogens (tertiary/aromatic N) is 3. The SMILES string of the molecule is CCC(=O)N1CCN(c2ccnc3c(Cl)cc(Br)cc23)CC1. The van der Waals surface area contributed by atoms with Gasteiger partial charge in [0.15, 0.2) is 0 Å². The average Bonchev–Trinajstić information content (AvgIpc) is 2.54. The molecule has 6 heteroatoms. The summed E-state index contributed by atoms with van der Waals surface area (Å²) in [6.07, 6.45) is 2.36. The number of amides is 1. The van der Waals surface area contributed by atoms with Crippen molar-refractivity contribution in [2.75, 3.05) is 31.1 Å². The second kappa shape index (κ2) is 6.42. The van der Waals surface area contributed by atoms with Gasteiger partial charge in [-0.25, -0.2) is 0 Å². The summed E-state index contributed by atoms with van der Waals surface area (Å²) in [5, 5.41) is 1.68. The number of carbonyl (C=O) groups excluding carboxylic acids is 1. The van der Waals surface area contributed by atoms with Gasteiger partial charge in [0.25, 0.3) is 0 Å². The second-order valence-corrected chi connectivity index (χ2v) is 6.66. The van der Waals surface area contributed by atoms with Crippen molar-refractivity contribution in [3.05, 3.63) is 33.9 Å². The van der Waals surface area contributed by atoms with Crippen LogP contribution >= 0.6 is 27.5 Å². The standard InChI is InChI=1S/C16H17BrClN3O/c1-2-15(22)21-7-5-20(6-8-21)14-3-4-19-16-12(14)9-11(17)10-13(16)18/h3-4,9-10H,2,5-8H2,1H3. The Labute approximate surface area is 143 Å². The molecule has 0 saturated carbocycles. The van der Waals surface area contributed by atoms with Crippen LogP contribution in [0.5, 0.6) is 0 Å². The fourth-order valence-electron chi connectivity index (χ4n) is 2.86. The Bertz CT molecular complexity index is 714. The number of fused-ring (bicyclic) bond motifs is 1. The maximum absolute atomic E-state index is 11.8. The highest BCUT2D eigenvalue weighted by Crippen LogP contribution is 2.33. The van der Waals surface area contributed by atoms with Crippen LogP contribution in [0.2, 0.25) is 5.02 Å². The fourth-order valence-corrected chi connectivity index (χ4v) is 3.72. The second-order valence-electron chi connectivity index (χ2n) is 5.34. The molecular formula is C16H17BrClN3O. The number of halogens is 2. The highest BCUT2D eigenvalue weighted by atomic mass is 79.9. The Morgan fingerprint density at radius 1 is 1.32 bits per heavy atom. The Balaban J connectivity index is 1.90. The molecule has 1 aromatic heterocycles. The summed E-state index contributed by atoms with van der Waals surface area (Å²) < 4.78 is 0.944. The third-order valence-corrected chi connectivity index (χ3v) is 4.76. The van der Waals surface area contributed by atoms with Crippen molar-refractivity contribution in [3.63, 3.8) is 0 Å². The molecular weight excluding hydrogens is 366 g/mol. The number of pyridine rings is 1. The molecule has 0 bridgehead atoms. The lowest BCUT2D eigenvalue weighted by molar-refractivity contribution is -0.131. The molecule has 116 valence electrons. The van der Waals surface area contributed by atoms with E-state index in [0.29, 0.717) is 11.4 Å². The fraction of sp³-hybridized carbons (Fsp3) is 0.375. The van der Waals surface area contributed by atoms with Gasteiger partial charge in [-0.3, -0.25) is 9.78 Å². The van der Waals surface area contributed by atoms with Gasteiger partial charge in [-0.05, 0) is 18.2 Å². The molecule has 1 aromatic carbocycles. The van der Waals surface area contributed by atoms with Gasteiger partial charge >= 0.3 is 0 Å². The Morgan fingerprint density at radius 2 is 2.05 bits per heavy atom. The first-order chi connectivity index (χ1) is 10.6. The maximum atomic E-state index is 11.8. The Morgan fingerprint density at radius 3 is 2.73 bits per heavy atom. The van der Waals surface area contributed by atoms with Crippen molar-refractivity contribution in [3.8, 4) is 0 Å². The molecule has 1 aliphatic rings. The molecule has 0 spiro atoms. The predicted octanol–water partition coefficient (Wildman–Crippen LogP) is 3.71. The van der Waals surface area contributed by atoms with Crippen LogP contribution in [-0.2, 0) is 4.79 Å². The molecule has 0 N–H and O–H groups in total. The zero-order valence-corrected chi connectivity index (χ0v) is 14.7. The molecule has 0 unspecified atom stereocenters. The van der Waals surface area contributed by atoms with E-state index in [0.717, 1.165) is 47.2 Å². The highest BCUT2D eigenvalue weighted by Gasteiger charge is 2.21. The number of rotatable bonds is 2. The van der Waals surface area contributed by atoms with Crippen LogP contribution in [0.25, 0.3) is 10.9 Å². The number of carbonyl (C=O) groups is 1. The first-order valence-electron chi connectivity index (χ1n) is 7.36. The lowest BCUT2D eigenvalue weighted by atomic mass is 10.1. The van der Waals surface area contributed by atoms with Gasteiger partial charge < -0.3 is 9.80 Å². The van der Waals surface area contributed by atoms with E-state index < -0.39 is 0 Å². The molecule has 1 fully saturated rings. The molecule has 3 rings (SSSR count). The van der Waals surface area contributed by atoms with Crippen LogP contribution in [-0.4, -0.2) is 42.0 Å². The summed E-state index contributed by atoms with van der Waals surface area (Å²) in [5.74, 6) is 0.227. The van der Waals surface area contributed by atoms with E-state index in [2.05, 4.69) is 25.8 Å². The van der Waals surface area contributed by atoms with Crippen LogP contribution in [0, 0.1) is 0 Å². The minimum Gasteiger partial charge on any atom is -0.367 e. The Kier molecular flexibility index (Phi) is 4.54. The molecule has 4 nitrogen and oxygen atoms in total. The molecule has 22 heavy (non-hydrogen) atoms. The first kappa shape index (κ1) is 15.6. The van der Waals surface area contributed by atoms with Crippen LogP contribution in [0.4, 0.5) is 5.69 Å². The van der Waals surface area contributed by atoms with Gasteiger partial charge in [-0.1, -0.05) is 34.5 Å². The molecule has 2 heterocycles. The molecule has 0 aliphatic carbocycles. The van der Waals surface area contributed by atoms with Gasteiger partial charge in [-0.2, -0.15) is 0 Å². The summed E-state index contributed by atoms with van der Waals surface area (Å²) in [7, 11) is 0. The van der Waals surface area contributed by atoms with E-state index in [1.165, 1.54) is 0 Å². The van der Waals surface area contributed by atoms with E-state index in [1.807, 2.05) is 30.0 Å². The third kappa shape index (κ3) is 2.92. The number of hydrogen-bond donors (Lipinski definition) is 0. The molecule has 0 radical (unpaired) electrons. The molecule has 2 aromatic rings. The lowest BCUT2D eigenvalue weighted by Gasteiger charge is -2.36. The topological polar surface area (TPSA) is 36.4 Å². The van der Waals surface area contributed by atoms with E-state index in [1.54, 1.807) is 6.20 Å².